The van der Waals surface area contributed by atoms with Gasteiger partial charge in [0.2, 0.25) is 0 Å². The molecule has 1 aliphatic rings. The summed E-state index contributed by atoms with van der Waals surface area (Å²) in [7, 11) is 1.73. The Balaban J connectivity index is 1.80. The van der Waals surface area contributed by atoms with Crippen LogP contribution in [0.4, 0.5) is 4.79 Å². The fourth-order valence-electron chi connectivity index (χ4n) is 2.19. The lowest BCUT2D eigenvalue weighted by atomic mass is 10.1. The number of nitrogens with zero attached hydrogens (tertiary/aromatic N) is 1. The summed E-state index contributed by atoms with van der Waals surface area (Å²) in [5.41, 5.74) is 0.625. The van der Waals surface area contributed by atoms with Crippen molar-refractivity contribution in [1.29, 1.82) is 0 Å². The van der Waals surface area contributed by atoms with Crippen molar-refractivity contribution in [3.05, 3.63) is 28.8 Å². The van der Waals surface area contributed by atoms with Crippen LogP contribution in [0.2, 0.25) is 5.02 Å². The fraction of sp³-hybridized carbons (Fsp3) is 0.562. The monoisotopic (exact) mass is 326 g/mol. The van der Waals surface area contributed by atoms with Gasteiger partial charge in [-0.1, -0.05) is 17.7 Å². The summed E-state index contributed by atoms with van der Waals surface area (Å²) in [5.74, 6) is 0.825. The molecule has 1 N–H and O–H groups in total. The van der Waals surface area contributed by atoms with Gasteiger partial charge < -0.3 is 19.7 Å². The van der Waals surface area contributed by atoms with Crippen molar-refractivity contribution in [2.75, 3.05) is 26.7 Å². The maximum Gasteiger partial charge on any atom is 0.410 e. The summed E-state index contributed by atoms with van der Waals surface area (Å²) in [6.07, 6.45) is -0.316. The van der Waals surface area contributed by atoms with Crippen LogP contribution in [0.15, 0.2) is 18.2 Å². The molecule has 0 spiro atoms. The molecule has 0 radical (unpaired) electrons. The Labute approximate surface area is 136 Å². The summed E-state index contributed by atoms with van der Waals surface area (Å²) in [5, 5.41) is 4.06. The Morgan fingerprint density at radius 3 is 2.91 bits per heavy atom. The van der Waals surface area contributed by atoms with Crippen LogP contribution in [0.5, 0.6) is 5.75 Å². The molecule has 6 heteroatoms. The number of amides is 1. The predicted octanol–water partition coefficient (Wildman–Crippen LogP) is 3.23. The van der Waals surface area contributed by atoms with Crippen molar-refractivity contribution >= 4 is 17.7 Å². The summed E-state index contributed by atoms with van der Waals surface area (Å²) in [4.78, 5) is 13.4. The smallest absolute Gasteiger partial charge is 0.410 e. The third-order valence-corrected chi connectivity index (χ3v) is 3.53. The van der Waals surface area contributed by atoms with Gasteiger partial charge in [-0.15, -0.1) is 0 Å². The second-order valence-corrected chi connectivity index (χ2v) is 6.84. The molecule has 1 atom stereocenters. The first-order valence-corrected chi connectivity index (χ1v) is 7.74. The number of carbonyl (C=O) groups is 1. The highest BCUT2D eigenvalue weighted by atomic mass is 35.5. The quantitative estimate of drug-likeness (QED) is 0.923. The van der Waals surface area contributed by atoms with Crippen molar-refractivity contribution in [2.24, 2.45) is 0 Å². The summed E-state index contributed by atoms with van der Waals surface area (Å²) < 4.78 is 10.9. The van der Waals surface area contributed by atoms with E-state index < -0.39 is 5.60 Å². The van der Waals surface area contributed by atoms with E-state index in [1.54, 1.807) is 11.9 Å². The zero-order chi connectivity index (χ0) is 16.3. The highest BCUT2D eigenvalue weighted by Gasteiger charge is 2.24. The van der Waals surface area contributed by atoms with Crippen molar-refractivity contribution in [3.63, 3.8) is 0 Å². The Morgan fingerprint density at radius 1 is 1.50 bits per heavy atom. The molecule has 1 unspecified atom stereocenters. The van der Waals surface area contributed by atoms with Crippen LogP contribution < -0.4 is 10.1 Å². The van der Waals surface area contributed by atoms with E-state index in [-0.39, 0.29) is 12.1 Å². The van der Waals surface area contributed by atoms with Gasteiger partial charge in [0.05, 0.1) is 6.04 Å². The molecular formula is C16H23ClN2O3. The van der Waals surface area contributed by atoms with Gasteiger partial charge in [0.15, 0.2) is 0 Å². The Bertz CT molecular complexity index is 543. The molecule has 0 aliphatic carbocycles. The second-order valence-electron chi connectivity index (χ2n) is 6.40. The highest BCUT2D eigenvalue weighted by molar-refractivity contribution is 6.30. The van der Waals surface area contributed by atoms with Gasteiger partial charge in [-0.25, -0.2) is 4.79 Å². The van der Waals surface area contributed by atoms with Crippen LogP contribution >= 0.6 is 11.6 Å². The molecule has 5 nitrogen and oxygen atoms in total. The molecule has 1 aromatic rings. The minimum Gasteiger partial charge on any atom is -0.491 e. The second kappa shape index (κ2) is 6.75. The summed E-state index contributed by atoms with van der Waals surface area (Å²) in [6.45, 7) is 7.37. The van der Waals surface area contributed by atoms with Crippen LogP contribution in [0.3, 0.4) is 0 Å². The average Bonchev–Trinajstić information content (AvgIpc) is 2.79. The van der Waals surface area contributed by atoms with E-state index in [0.29, 0.717) is 24.7 Å². The van der Waals surface area contributed by atoms with E-state index in [1.807, 2.05) is 39.0 Å². The molecule has 0 aromatic heterocycles. The van der Waals surface area contributed by atoms with E-state index in [4.69, 9.17) is 21.1 Å². The third kappa shape index (κ3) is 4.52. The largest absolute Gasteiger partial charge is 0.491 e. The molecule has 0 fully saturated rings. The molecule has 1 heterocycles. The topological polar surface area (TPSA) is 50.8 Å². The number of benzene rings is 1. The number of likely N-dealkylation sites (N-methyl/N-ethyl adjacent to an activating group) is 1. The van der Waals surface area contributed by atoms with E-state index in [2.05, 4.69) is 5.32 Å². The van der Waals surface area contributed by atoms with Gasteiger partial charge in [-0.05, 0) is 32.9 Å². The fourth-order valence-corrected chi connectivity index (χ4v) is 2.35. The standard InChI is InChI=1S/C16H23ClN2O3/c1-16(2,3)22-15(20)19(4)8-7-18-13-10-21-14-9-11(17)5-6-12(13)14/h5-6,9,13,18H,7-8,10H2,1-4H3. The Hall–Kier alpha value is -1.46. The highest BCUT2D eigenvalue weighted by Crippen LogP contribution is 2.34. The average molecular weight is 327 g/mol. The van der Waals surface area contributed by atoms with Gasteiger partial charge in [-0.3, -0.25) is 0 Å². The number of hydrogen-bond donors (Lipinski definition) is 1. The van der Waals surface area contributed by atoms with Crippen LogP contribution in [0, 0.1) is 0 Å². The number of hydrogen-bond acceptors (Lipinski definition) is 4. The number of halogens is 1. The van der Waals surface area contributed by atoms with Crippen LogP contribution in [0.1, 0.15) is 32.4 Å². The maximum atomic E-state index is 11.9. The third-order valence-electron chi connectivity index (χ3n) is 3.30. The number of rotatable bonds is 4. The van der Waals surface area contributed by atoms with E-state index in [1.165, 1.54) is 0 Å². The van der Waals surface area contributed by atoms with Gasteiger partial charge >= 0.3 is 6.09 Å². The molecule has 1 amide bonds. The molecule has 122 valence electrons. The molecule has 1 aliphatic heterocycles. The molecule has 2 rings (SSSR count). The molecule has 22 heavy (non-hydrogen) atoms. The SMILES string of the molecule is CN(CCNC1COc2cc(Cl)ccc21)C(=O)OC(C)(C)C. The Kier molecular flexibility index (Phi) is 5.19. The predicted molar refractivity (Wildman–Crippen MR) is 86.6 cm³/mol. The summed E-state index contributed by atoms with van der Waals surface area (Å²) in [6, 6.07) is 5.78. The lowest BCUT2D eigenvalue weighted by Gasteiger charge is -2.25. The first-order chi connectivity index (χ1) is 10.3. The van der Waals surface area contributed by atoms with Crippen molar-refractivity contribution in [3.8, 4) is 5.75 Å². The van der Waals surface area contributed by atoms with E-state index >= 15 is 0 Å². The number of carbonyl (C=O) groups excluding carboxylic acids is 1. The van der Waals surface area contributed by atoms with Gasteiger partial charge in [0, 0.05) is 30.7 Å². The maximum absolute atomic E-state index is 11.9. The van der Waals surface area contributed by atoms with Gasteiger partial charge in [0.1, 0.15) is 18.0 Å². The summed E-state index contributed by atoms with van der Waals surface area (Å²) >= 11 is 5.95. The zero-order valence-corrected chi connectivity index (χ0v) is 14.2. The number of ether oxygens (including phenoxy) is 2. The number of nitrogens with one attached hydrogen (secondary N) is 1. The van der Waals surface area contributed by atoms with Crippen LogP contribution in [0.25, 0.3) is 0 Å². The van der Waals surface area contributed by atoms with Crippen LogP contribution in [-0.2, 0) is 4.74 Å². The van der Waals surface area contributed by atoms with Gasteiger partial charge in [-0.2, -0.15) is 0 Å². The van der Waals surface area contributed by atoms with E-state index in [0.717, 1.165) is 11.3 Å². The zero-order valence-electron chi connectivity index (χ0n) is 13.5. The van der Waals surface area contributed by atoms with Crippen molar-refractivity contribution in [1.82, 2.24) is 10.2 Å². The van der Waals surface area contributed by atoms with E-state index in [9.17, 15) is 4.79 Å². The Morgan fingerprint density at radius 2 is 2.23 bits per heavy atom. The van der Waals surface area contributed by atoms with Crippen LogP contribution in [-0.4, -0.2) is 43.3 Å². The normalized spacial score (nSPS) is 16.9. The van der Waals surface area contributed by atoms with Crippen molar-refractivity contribution < 1.29 is 14.3 Å². The minimum atomic E-state index is -0.476. The van der Waals surface area contributed by atoms with Crippen molar-refractivity contribution in [2.45, 2.75) is 32.4 Å². The minimum absolute atomic E-state index is 0.124. The lowest BCUT2D eigenvalue weighted by Crippen LogP contribution is -2.38. The van der Waals surface area contributed by atoms with Gasteiger partial charge in [0.25, 0.3) is 0 Å². The number of fused-ring (bicyclic) bond motifs is 1. The molecule has 1 aromatic carbocycles. The first-order valence-electron chi connectivity index (χ1n) is 7.36. The lowest BCUT2D eigenvalue weighted by molar-refractivity contribution is 0.0299. The molecule has 0 saturated heterocycles. The molecule has 0 saturated carbocycles. The molecular weight excluding hydrogens is 304 g/mol. The molecule has 0 bridgehead atoms. The first kappa shape index (κ1) is 16.9.